The van der Waals surface area contributed by atoms with Crippen LogP contribution in [0.25, 0.3) is 0 Å². The lowest BCUT2D eigenvalue weighted by Gasteiger charge is -2.21. The first-order valence-electron chi connectivity index (χ1n) is 6.89. The van der Waals surface area contributed by atoms with Gasteiger partial charge in [0.2, 0.25) is 0 Å². The van der Waals surface area contributed by atoms with E-state index in [1.807, 2.05) is 13.0 Å². The summed E-state index contributed by atoms with van der Waals surface area (Å²) in [5.41, 5.74) is 2.77. The average Bonchev–Trinajstić information content (AvgIpc) is 2.54. The normalized spacial score (nSPS) is 25.3. The molecule has 0 heterocycles. The molecule has 1 saturated carbocycles. The summed E-state index contributed by atoms with van der Waals surface area (Å²) in [4.78, 5) is 11.0. The summed E-state index contributed by atoms with van der Waals surface area (Å²) in [5, 5.41) is 12.6. The number of benzene rings is 1. The van der Waals surface area contributed by atoms with E-state index in [0.717, 1.165) is 17.7 Å². The Morgan fingerprint density at radius 1 is 1.37 bits per heavy atom. The highest BCUT2D eigenvalue weighted by Crippen LogP contribution is 2.42. The topological polar surface area (TPSA) is 49.3 Å². The van der Waals surface area contributed by atoms with E-state index >= 15 is 0 Å². The Kier molecular flexibility index (Phi) is 3.57. The lowest BCUT2D eigenvalue weighted by atomic mass is 9.91. The molecule has 0 spiro atoms. The second-order valence-corrected chi connectivity index (χ2v) is 6.64. The first kappa shape index (κ1) is 13.9. The van der Waals surface area contributed by atoms with Gasteiger partial charge in [-0.3, -0.25) is 0 Å². The van der Waals surface area contributed by atoms with Crippen LogP contribution in [0, 0.1) is 18.3 Å². The first-order valence-corrected chi connectivity index (χ1v) is 6.89. The number of aromatic carboxylic acids is 1. The van der Waals surface area contributed by atoms with E-state index in [1.54, 1.807) is 12.1 Å². The molecule has 104 valence electrons. The molecule has 0 bridgehead atoms. The van der Waals surface area contributed by atoms with Gasteiger partial charge in [-0.1, -0.05) is 26.8 Å². The van der Waals surface area contributed by atoms with Gasteiger partial charge in [0.15, 0.2) is 0 Å². The summed E-state index contributed by atoms with van der Waals surface area (Å²) in [7, 11) is 0. The van der Waals surface area contributed by atoms with Crippen LogP contribution < -0.4 is 5.32 Å². The number of nitrogens with one attached hydrogen (secondary N) is 1. The summed E-state index contributed by atoms with van der Waals surface area (Å²) in [6.07, 6.45) is 2.34. The fraction of sp³-hybridized carbons (Fsp3) is 0.562. The van der Waals surface area contributed by atoms with Crippen LogP contribution in [0.4, 0.5) is 5.69 Å². The van der Waals surface area contributed by atoms with Gasteiger partial charge in [0.1, 0.15) is 0 Å². The maximum atomic E-state index is 11.0. The van der Waals surface area contributed by atoms with Gasteiger partial charge < -0.3 is 10.4 Å². The van der Waals surface area contributed by atoms with Crippen molar-refractivity contribution in [3.63, 3.8) is 0 Å². The number of carboxylic acid groups (broad SMARTS) is 1. The second kappa shape index (κ2) is 4.87. The number of rotatable bonds is 3. The Balaban J connectivity index is 2.19. The van der Waals surface area contributed by atoms with Crippen LogP contribution in [0.1, 0.15) is 49.5 Å². The minimum atomic E-state index is -0.872. The number of aryl methyl sites for hydroxylation is 1. The van der Waals surface area contributed by atoms with Crippen molar-refractivity contribution in [2.24, 2.45) is 11.3 Å². The highest BCUT2D eigenvalue weighted by atomic mass is 16.4. The highest BCUT2D eigenvalue weighted by molar-refractivity contribution is 5.89. The van der Waals surface area contributed by atoms with Crippen LogP contribution >= 0.6 is 0 Å². The van der Waals surface area contributed by atoms with Crippen LogP contribution in [0.15, 0.2) is 18.2 Å². The smallest absolute Gasteiger partial charge is 0.335 e. The second-order valence-electron chi connectivity index (χ2n) is 6.64. The van der Waals surface area contributed by atoms with Crippen LogP contribution in [0.3, 0.4) is 0 Å². The maximum Gasteiger partial charge on any atom is 0.335 e. The van der Waals surface area contributed by atoms with Crippen molar-refractivity contribution in [3.05, 3.63) is 29.3 Å². The lowest BCUT2D eigenvalue weighted by Crippen LogP contribution is -2.23. The lowest BCUT2D eigenvalue weighted by molar-refractivity contribution is 0.0697. The third-order valence-corrected chi connectivity index (χ3v) is 4.16. The van der Waals surface area contributed by atoms with Crippen molar-refractivity contribution in [2.45, 2.75) is 46.6 Å². The SMILES string of the molecule is Cc1ccc(C(=O)O)cc1NC1CC(C)(C)CC1C. The molecule has 3 heteroatoms. The van der Waals surface area contributed by atoms with Gasteiger partial charge >= 0.3 is 5.97 Å². The molecule has 2 rings (SSSR count). The third kappa shape index (κ3) is 3.09. The predicted molar refractivity (Wildman–Crippen MR) is 77.7 cm³/mol. The molecule has 0 saturated heterocycles. The molecule has 19 heavy (non-hydrogen) atoms. The van der Waals surface area contributed by atoms with Crippen LogP contribution in [0.2, 0.25) is 0 Å². The third-order valence-electron chi connectivity index (χ3n) is 4.16. The van der Waals surface area contributed by atoms with Crippen molar-refractivity contribution in [3.8, 4) is 0 Å². The molecule has 0 aromatic heterocycles. The van der Waals surface area contributed by atoms with E-state index in [9.17, 15) is 4.79 Å². The minimum absolute atomic E-state index is 0.345. The molecule has 2 N–H and O–H groups in total. The zero-order valence-electron chi connectivity index (χ0n) is 12.2. The van der Waals surface area contributed by atoms with Gasteiger partial charge in [-0.25, -0.2) is 4.79 Å². The van der Waals surface area contributed by atoms with Gasteiger partial charge in [-0.2, -0.15) is 0 Å². The van der Waals surface area contributed by atoms with Gasteiger partial charge in [-0.15, -0.1) is 0 Å². The van der Waals surface area contributed by atoms with Gasteiger partial charge in [0.05, 0.1) is 5.56 Å². The fourth-order valence-corrected chi connectivity index (χ4v) is 3.20. The summed E-state index contributed by atoms with van der Waals surface area (Å²) < 4.78 is 0. The van der Waals surface area contributed by atoms with Crippen LogP contribution in [0.5, 0.6) is 0 Å². The molecule has 1 aliphatic carbocycles. The Hall–Kier alpha value is -1.51. The summed E-state index contributed by atoms with van der Waals surface area (Å²) in [6.45, 7) is 8.87. The van der Waals surface area contributed by atoms with E-state index < -0.39 is 5.97 Å². The van der Waals surface area contributed by atoms with Crippen molar-refractivity contribution >= 4 is 11.7 Å². The molecular formula is C16H23NO2. The number of carbonyl (C=O) groups is 1. The molecule has 1 aromatic rings. The van der Waals surface area contributed by atoms with Crippen molar-refractivity contribution in [1.29, 1.82) is 0 Å². The van der Waals surface area contributed by atoms with E-state index in [-0.39, 0.29) is 0 Å². The van der Waals surface area contributed by atoms with Crippen LogP contribution in [-0.4, -0.2) is 17.1 Å². The molecule has 0 amide bonds. The number of hydrogen-bond donors (Lipinski definition) is 2. The summed E-state index contributed by atoms with van der Waals surface area (Å²) in [5.74, 6) is -0.259. The standard InChI is InChI=1S/C16H23NO2/c1-10-5-6-12(15(18)19)7-13(10)17-14-9-16(3,4)8-11(14)2/h5-7,11,14,17H,8-9H2,1-4H3,(H,18,19). The summed E-state index contributed by atoms with van der Waals surface area (Å²) >= 11 is 0. The fourth-order valence-electron chi connectivity index (χ4n) is 3.20. The molecule has 0 aliphatic heterocycles. The maximum absolute atomic E-state index is 11.0. The van der Waals surface area contributed by atoms with Crippen molar-refractivity contribution < 1.29 is 9.90 Å². The highest BCUT2D eigenvalue weighted by Gasteiger charge is 2.36. The predicted octanol–water partition coefficient (Wildman–Crippen LogP) is 3.93. The Morgan fingerprint density at radius 2 is 2.05 bits per heavy atom. The van der Waals surface area contributed by atoms with Crippen molar-refractivity contribution in [1.82, 2.24) is 0 Å². The number of hydrogen-bond acceptors (Lipinski definition) is 2. The van der Waals surface area contributed by atoms with Gasteiger partial charge in [-0.05, 0) is 48.8 Å². The van der Waals surface area contributed by atoms with E-state index in [4.69, 9.17) is 5.11 Å². The monoisotopic (exact) mass is 261 g/mol. The largest absolute Gasteiger partial charge is 0.478 e. The Labute approximate surface area is 115 Å². The molecule has 2 atom stereocenters. The van der Waals surface area contributed by atoms with E-state index in [2.05, 4.69) is 26.1 Å². The molecular weight excluding hydrogens is 238 g/mol. The minimum Gasteiger partial charge on any atom is -0.478 e. The molecule has 1 fully saturated rings. The molecule has 2 unspecified atom stereocenters. The van der Waals surface area contributed by atoms with E-state index in [0.29, 0.717) is 22.9 Å². The first-order chi connectivity index (χ1) is 8.78. The molecule has 1 aliphatic rings. The zero-order chi connectivity index (χ0) is 14.2. The quantitative estimate of drug-likeness (QED) is 0.866. The van der Waals surface area contributed by atoms with E-state index in [1.165, 1.54) is 6.42 Å². The number of carboxylic acids is 1. The molecule has 1 aromatic carbocycles. The summed E-state index contributed by atoms with van der Waals surface area (Å²) in [6, 6.07) is 5.70. The molecule has 0 radical (unpaired) electrons. The zero-order valence-corrected chi connectivity index (χ0v) is 12.2. The average molecular weight is 261 g/mol. The van der Waals surface area contributed by atoms with Gasteiger partial charge in [0, 0.05) is 11.7 Å². The van der Waals surface area contributed by atoms with Crippen molar-refractivity contribution in [2.75, 3.05) is 5.32 Å². The molecule has 3 nitrogen and oxygen atoms in total. The number of anilines is 1. The Morgan fingerprint density at radius 3 is 2.58 bits per heavy atom. The Bertz CT molecular complexity index is 494. The van der Waals surface area contributed by atoms with Gasteiger partial charge in [0.25, 0.3) is 0 Å². The van der Waals surface area contributed by atoms with Crippen LogP contribution in [-0.2, 0) is 0 Å².